The molecule has 0 aromatic heterocycles. The predicted molar refractivity (Wildman–Crippen MR) is 60.2 cm³/mol. The first-order chi connectivity index (χ1) is 8.47. The maximum Gasteiger partial charge on any atom is 0.338 e. The number of carbonyl (C=O) groups is 1. The summed E-state index contributed by atoms with van der Waals surface area (Å²) in [6.07, 6.45) is 0.333. The molecule has 7 nitrogen and oxygen atoms in total. The van der Waals surface area contributed by atoms with E-state index in [4.69, 9.17) is 10.2 Å². The van der Waals surface area contributed by atoms with Gasteiger partial charge in [-0.2, -0.15) is 0 Å². The molecule has 0 radical (unpaired) electrons. The number of halogens is 1. The van der Waals surface area contributed by atoms with Crippen LogP contribution < -0.4 is 5.32 Å². The van der Waals surface area contributed by atoms with E-state index in [0.29, 0.717) is 12.5 Å². The molecular weight excluding hydrogens is 247 g/mol. The highest BCUT2D eigenvalue weighted by Gasteiger charge is 2.21. The fraction of sp³-hybridized carbons (Fsp3) is 0.300. The second-order valence-electron chi connectivity index (χ2n) is 3.42. The van der Waals surface area contributed by atoms with Gasteiger partial charge in [-0.05, 0) is 6.42 Å². The Morgan fingerprint density at radius 3 is 2.67 bits per heavy atom. The number of aromatic carboxylic acids is 1. The molecule has 0 aliphatic rings. The average Bonchev–Trinajstić information content (AvgIpc) is 2.28. The highest BCUT2D eigenvalue weighted by Crippen LogP contribution is 2.27. The predicted octanol–water partition coefficient (Wildman–Crippen LogP) is 1.23. The summed E-state index contributed by atoms with van der Waals surface area (Å²) in [5.74, 6) is -2.63. The molecule has 0 bridgehead atoms. The number of nitrogens with zero attached hydrogens (tertiary/aromatic N) is 1. The lowest BCUT2D eigenvalue weighted by atomic mass is 10.1. The molecule has 18 heavy (non-hydrogen) atoms. The van der Waals surface area contributed by atoms with Crippen molar-refractivity contribution in [2.45, 2.75) is 6.42 Å². The van der Waals surface area contributed by atoms with E-state index in [1.807, 2.05) is 0 Å². The molecule has 0 fully saturated rings. The second kappa shape index (κ2) is 5.92. The number of nitro groups is 1. The Kier molecular flexibility index (Phi) is 4.55. The normalized spacial score (nSPS) is 10.1. The Morgan fingerprint density at radius 2 is 2.17 bits per heavy atom. The zero-order chi connectivity index (χ0) is 13.7. The standard InChI is InChI=1S/C10H11FN2O5/c11-7-5-8(12-2-1-3-14)9(13(17)18)4-6(7)10(15)16/h4-5,12,14H,1-3H2,(H,15,16). The van der Waals surface area contributed by atoms with E-state index in [2.05, 4.69) is 5.32 Å². The van der Waals surface area contributed by atoms with Gasteiger partial charge in [0.05, 0.1) is 4.92 Å². The van der Waals surface area contributed by atoms with Gasteiger partial charge >= 0.3 is 5.97 Å². The number of carboxylic acids is 1. The first-order valence-electron chi connectivity index (χ1n) is 5.03. The number of hydrogen-bond acceptors (Lipinski definition) is 5. The average molecular weight is 258 g/mol. The fourth-order valence-electron chi connectivity index (χ4n) is 1.32. The van der Waals surface area contributed by atoms with Crippen LogP contribution in [0.2, 0.25) is 0 Å². The number of aliphatic hydroxyl groups excluding tert-OH is 1. The van der Waals surface area contributed by atoms with E-state index in [1.54, 1.807) is 0 Å². The van der Waals surface area contributed by atoms with Crippen molar-refractivity contribution in [3.8, 4) is 0 Å². The molecule has 0 atom stereocenters. The van der Waals surface area contributed by atoms with Crippen molar-refractivity contribution in [1.82, 2.24) is 0 Å². The smallest absolute Gasteiger partial charge is 0.338 e. The summed E-state index contributed by atoms with van der Waals surface area (Å²) in [7, 11) is 0. The Hall–Kier alpha value is -2.22. The van der Waals surface area contributed by atoms with Crippen LogP contribution in [-0.2, 0) is 0 Å². The molecule has 0 heterocycles. The van der Waals surface area contributed by atoms with Crippen LogP contribution in [0.15, 0.2) is 12.1 Å². The van der Waals surface area contributed by atoms with Gasteiger partial charge in [-0.1, -0.05) is 0 Å². The number of hydrogen-bond donors (Lipinski definition) is 3. The van der Waals surface area contributed by atoms with Gasteiger partial charge in [-0.25, -0.2) is 9.18 Å². The monoisotopic (exact) mass is 258 g/mol. The largest absolute Gasteiger partial charge is 0.478 e. The minimum atomic E-state index is -1.57. The molecule has 8 heteroatoms. The van der Waals surface area contributed by atoms with Crippen molar-refractivity contribution in [3.63, 3.8) is 0 Å². The van der Waals surface area contributed by atoms with Gasteiger partial charge in [0.25, 0.3) is 5.69 Å². The molecule has 0 aliphatic carbocycles. The quantitative estimate of drug-likeness (QED) is 0.402. The van der Waals surface area contributed by atoms with Crippen LogP contribution in [0.4, 0.5) is 15.8 Å². The summed E-state index contributed by atoms with van der Waals surface area (Å²) in [6.45, 7) is 0.0969. The number of aliphatic hydroxyl groups is 1. The number of nitrogens with one attached hydrogen (secondary N) is 1. The van der Waals surface area contributed by atoms with Crippen LogP contribution in [-0.4, -0.2) is 34.3 Å². The molecule has 1 aromatic rings. The summed E-state index contributed by atoms with van der Waals surface area (Å²) in [5.41, 5.74) is -1.39. The van der Waals surface area contributed by atoms with Gasteiger partial charge in [0.2, 0.25) is 0 Å². The lowest BCUT2D eigenvalue weighted by molar-refractivity contribution is -0.384. The zero-order valence-electron chi connectivity index (χ0n) is 9.22. The summed E-state index contributed by atoms with van der Waals surface area (Å²) < 4.78 is 13.4. The maximum absolute atomic E-state index is 13.4. The van der Waals surface area contributed by atoms with E-state index >= 15 is 0 Å². The van der Waals surface area contributed by atoms with Crippen LogP contribution in [0.3, 0.4) is 0 Å². The minimum Gasteiger partial charge on any atom is -0.478 e. The van der Waals surface area contributed by atoms with Gasteiger partial charge in [-0.15, -0.1) is 0 Å². The van der Waals surface area contributed by atoms with Crippen molar-refractivity contribution in [2.24, 2.45) is 0 Å². The number of benzene rings is 1. The van der Waals surface area contributed by atoms with E-state index < -0.39 is 28.0 Å². The van der Waals surface area contributed by atoms with Crippen molar-refractivity contribution in [2.75, 3.05) is 18.5 Å². The SMILES string of the molecule is O=C(O)c1cc([N+](=O)[O-])c(NCCCO)cc1F. The third-order valence-electron chi connectivity index (χ3n) is 2.16. The van der Waals surface area contributed by atoms with Crippen molar-refractivity contribution in [3.05, 3.63) is 33.6 Å². The maximum atomic E-state index is 13.4. The summed E-state index contributed by atoms with van der Waals surface area (Å²) in [6, 6.07) is 1.43. The molecule has 1 aromatic carbocycles. The van der Waals surface area contributed by atoms with Crippen molar-refractivity contribution in [1.29, 1.82) is 0 Å². The Bertz CT molecular complexity index is 478. The van der Waals surface area contributed by atoms with Gasteiger partial charge in [0.1, 0.15) is 17.1 Å². The third-order valence-corrected chi connectivity index (χ3v) is 2.16. The molecule has 98 valence electrons. The molecule has 0 aliphatic heterocycles. The Balaban J connectivity index is 3.12. The minimum absolute atomic E-state index is 0.115. The number of carboxylic acid groups (broad SMARTS) is 1. The van der Waals surface area contributed by atoms with Gasteiger partial charge in [0, 0.05) is 25.3 Å². The molecular formula is C10H11FN2O5. The fourth-order valence-corrected chi connectivity index (χ4v) is 1.32. The van der Waals surface area contributed by atoms with Crippen LogP contribution in [0.1, 0.15) is 16.8 Å². The van der Waals surface area contributed by atoms with Crippen LogP contribution in [0.5, 0.6) is 0 Å². The highest BCUT2D eigenvalue weighted by molar-refractivity contribution is 5.90. The van der Waals surface area contributed by atoms with Crippen molar-refractivity contribution < 1.29 is 24.3 Å². The Morgan fingerprint density at radius 1 is 1.50 bits per heavy atom. The van der Waals surface area contributed by atoms with Crippen LogP contribution in [0, 0.1) is 15.9 Å². The molecule has 3 N–H and O–H groups in total. The topological polar surface area (TPSA) is 113 Å². The third kappa shape index (κ3) is 3.14. The van der Waals surface area contributed by atoms with Gasteiger partial charge in [0.15, 0.2) is 0 Å². The first kappa shape index (κ1) is 13.8. The van der Waals surface area contributed by atoms with Gasteiger partial charge in [-0.3, -0.25) is 10.1 Å². The van der Waals surface area contributed by atoms with Crippen LogP contribution in [0.25, 0.3) is 0 Å². The molecule has 1 rings (SSSR count). The first-order valence-corrected chi connectivity index (χ1v) is 5.03. The lowest BCUT2D eigenvalue weighted by Gasteiger charge is -2.07. The second-order valence-corrected chi connectivity index (χ2v) is 3.42. The molecule has 0 saturated heterocycles. The van der Waals surface area contributed by atoms with Crippen LogP contribution >= 0.6 is 0 Å². The molecule has 0 saturated carbocycles. The lowest BCUT2D eigenvalue weighted by Crippen LogP contribution is -2.09. The molecule has 0 unspecified atom stereocenters. The van der Waals surface area contributed by atoms with E-state index in [9.17, 15) is 19.3 Å². The Labute approximate surface area is 101 Å². The summed E-state index contributed by atoms with van der Waals surface area (Å²) in [5, 5.41) is 30.5. The van der Waals surface area contributed by atoms with E-state index in [0.717, 1.165) is 6.07 Å². The molecule has 0 spiro atoms. The van der Waals surface area contributed by atoms with Gasteiger partial charge < -0.3 is 15.5 Å². The van der Waals surface area contributed by atoms with E-state index in [-0.39, 0.29) is 18.8 Å². The molecule has 0 amide bonds. The summed E-state index contributed by atoms with van der Waals surface area (Å²) >= 11 is 0. The number of nitro benzene ring substituents is 1. The van der Waals surface area contributed by atoms with E-state index in [1.165, 1.54) is 0 Å². The van der Waals surface area contributed by atoms with Crippen molar-refractivity contribution >= 4 is 17.3 Å². The highest BCUT2D eigenvalue weighted by atomic mass is 19.1. The zero-order valence-corrected chi connectivity index (χ0v) is 9.22. The number of anilines is 1. The summed E-state index contributed by atoms with van der Waals surface area (Å²) in [4.78, 5) is 20.6. The number of rotatable bonds is 6.